The monoisotopic (exact) mass is 491 g/mol. The van der Waals surface area contributed by atoms with Gasteiger partial charge in [-0.05, 0) is 49.9 Å². The Labute approximate surface area is 193 Å². The normalized spacial score (nSPS) is 12.9. The van der Waals surface area contributed by atoms with E-state index in [9.17, 15) is 0 Å². The third-order valence-electron chi connectivity index (χ3n) is 4.22. The molecule has 164 valence electrons. The molecule has 0 heterocycles. The second-order valence-corrected chi connectivity index (χ2v) is 8.19. The molecule has 8 heteroatoms. The van der Waals surface area contributed by atoms with Crippen LogP contribution in [0.5, 0.6) is 0 Å². The minimum absolute atomic E-state index is 0.194. The van der Waals surface area contributed by atoms with Crippen molar-refractivity contribution in [2.45, 2.75) is 33.9 Å². The van der Waals surface area contributed by atoms with Gasteiger partial charge in [0.15, 0.2) is 6.23 Å². The standard InChI is InChI=1S/C22H27N3O2.2ClH.Fe/c1-15-9-7-10-16(2)21(15)23-13-19(26-5)25-20(27-6)14-24-22-17(3)11-8-12-18(22)4;;;/h7-14,19H,1-6H3;2*1H;/q;;;+2/p-2/b23-13?,24-14?,25-20+;;;. The summed E-state index contributed by atoms with van der Waals surface area (Å²) in [5.41, 5.74) is 6.25. The van der Waals surface area contributed by atoms with Gasteiger partial charge in [0.05, 0.1) is 30.9 Å². The van der Waals surface area contributed by atoms with Gasteiger partial charge in [0.2, 0.25) is 5.90 Å². The van der Waals surface area contributed by atoms with E-state index in [1.54, 1.807) is 26.6 Å². The van der Waals surface area contributed by atoms with Crippen LogP contribution in [-0.2, 0) is 22.6 Å². The van der Waals surface area contributed by atoms with Gasteiger partial charge in [-0.2, -0.15) is 0 Å². The van der Waals surface area contributed by atoms with Crippen molar-refractivity contribution in [1.82, 2.24) is 0 Å². The van der Waals surface area contributed by atoms with E-state index in [0.717, 1.165) is 33.6 Å². The molecule has 5 nitrogen and oxygen atoms in total. The molecule has 1 unspecified atom stereocenters. The van der Waals surface area contributed by atoms with Crippen LogP contribution in [0.3, 0.4) is 0 Å². The first-order valence-corrected chi connectivity index (χ1v) is 12.1. The molecule has 0 bridgehead atoms. The zero-order valence-electron chi connectivity index (χ0n) is 18.0. The number of benzene rings is 2. The molecule has 0 spiro atoms. The molecule has 0 saturated heterocycles. The molecule has 0 saturated carbocycles. The van der Waals surface area contributed by atoms with E-state index in [1.165, 1.54) is 0 Å². The number of para-hydroxylation sites is 2. The zero-order chi connectivity index (χ0) is 22.5. The van der Waals surface area contributed by atoms with Crippen LogP contribution in [0, 0.1) is 27.7 Å². The Morgan fingerprint density at radius 2 is 1.30 bits per heavy atom. The Hall–Kier alpha value is -1.69. The first-order valence-electron chi connectivity index (χ1n) is 9.08. The van der Waals surface area contributed by atoms with Gasteiger partial charge in [0.25, 0.3) is 0 Å². The van der Waals surface area contributed by atoms with Gasteiger partial charge < -0.3 is 9.47 Å². The van der Waals surface area contributed by atoms with Crippen LogP contribution in [0.2, 0.25) is 0 Å². The van der Waals surface area contributed by atoms with Crippen molar-refractivity contribution in [3.63, 3.8) is 0 Å². The van der Waals surface area contributed by atoms with E-state index < -0.39 is 6.23 Å². The Morgan fingerprint density at radius 1 is 0.867 bits per heavy atom. The molecule has 0 amide bonds. The maximum atomic E-state index is 5.41. The number of methoxy groups -OCH3 is 2. The molecular formula is C22H27Cl2FeN3O2. The molecule has 2 aromatic carbocycles. The fourth-order valence-electron chi connectivity index (χ4n) is 2.69. The van der Waals surface area contributed by atoms with E-state index in [0.29, 0.717) is 5.90 Å². The van der Waals surface area contributed by atoms with Gasteiger partial charge in [0, 0.05) is 7.11 Å². The van der Waals surface area contributed by atoms with Gasteiger partial charge in [-0.25, -0.2) is 4.99 Å². The molecule has 1 atom stereocenters. The molecule has 2 rings (SSSR count). The number of aryl methyl sites for hydroxylation is 4. The third kappa shape index (κ3) is 8.58. The first kappa shape index (κ1) is 26.3. The molecule has 0 aromatic heterocycles. The van der Waals surface area contributed by atoms with E-state index in [2.05, 4.69) is 15.0 Å². The van der Waals surface area contributed by atoms with Crippen molar-refractivity contribution in [2.24, 2.45) is 15.0 Å². The quantitative estimate of drug-likeness (QED) is 0.266. The molecule has 2 aromatic rings. The summed E-state index contributed by atoms with van der Waals surface area (Å²) in [7, 11) is 12.7. The summed E-state index contributed by atoms with van der Waals surface area (Å²) in [6, 6.07) is 12.1. The van der Waals surface area contributed by atoms with Crippen LogP contribution in [-0.4, -0.2) is 38.8 Å². The van der Waals surface area contributed by atoms with Crippen LogP contribution in [0.4, 0.5) is 11.4 Å². The van der Waals surface area contributed by atoms with Crippen molar-refractivity contribution in [1.29, 1.82) is 0 Å². The number of halogens is 2. The van der Waals surface area contributed by atoms with Gasteiger partial charge >= 0.3 is 33.3 Å². The molecule has 0 fully saturated rings. The minimum atomic E-state index is -0.566. The van der Waals surface area contributed by atoms with Crippen molar-refractivity contribution in [3.8, 4) is 0 Å². The van der Waals surface area contributed by atoms with E-state index in [-0.39, 0.29) is 13.1 Å². The number of rotatable bonds is 6. The molecular weight excluding hydrogens is 465 g/mol. The van der Waals surface area contributed by atoms with Crippen molar-refractivity contribution in [2.75, 3.05) is 14.2 Å². The van der Waals surface area contributed by atoms with E-state index in [1.807, 2.05) is 64.1 Å². The van der Waals surface area contributed by atoms with Crippen LogP contribution < -0.4 is 0 Å². The topological polar surface area (TPSA) is 55.5 Å². The Bertz CT molecular complexity index is 861. The maximum absolute atomic E-state index is 5.41. The predicted octanol–water partition coefficient (Wildman–Crippen LogP) is 6.42. The van der Waals surface area contributed by atoms with Crippen LogP contribution in [0.1, 0.15) is 22.3 Å². The SMILES string of the molecule is CO/C(C=Nc1c(C)cccc1C)=N/C(C=Nc1c(C)cccc1C)OC.[Cl][Fe][Cl]. The summed E-state index contributed by atoms with van der Waals surface area (Å²) in [6.07, 6.45) is 2.71. The molecule has 30 heavy (non-hydrogen) atoms. The van der Waals surface area contributed by atoms with E-state index >= 15 is 0 Å². The molecule has 0 aliphatic carbocycles. The average molecular weight is 492 g/mol. The average Bonchev–Trinajstić information content (AvgIpc) is 2.71. The fraction of sp³-hybridized carbons (Fsp3) is 0.318. The van der Waals surface area contributed by atoms with Gasteiger partial charge in [-0.15, -0.1) is 0 Å². The Balaban J connectivity index is 0.00000141. The van der Waals surface area contributed by atoms with Crippen molar-refractivity contribution in [3.05, 3.63) is 58.7 Å². The summed E-state index contributed by atoms with van der Waals surface area (Å²) < 4.78 is 10.7. The fourth-order valence-corrected chi connectivity index (χ4v) is 2.69. The number of ether oxygens (including phenoxy) is 2. The molecule has 0 N–H and O–H groups in total. The summed E-state index contributed by atoms with van der Waals surface area (Å²) >= 11 is 0.194. The number of hydrogen-bond donors (Lipinski definition) is 0. The summed E-state index contributed by atoms with van der Waals surface area (Å²) in [5.74, 6) is 0.373. The summed E-state index contributed by atoms with van der Waals surface area (Å²) in [6.45, 7) is 8.11. The van der Waals surface area contributed by atoms with E-state index in [4.69, 9.17) is 29.7 Å². The van der Waals surface area contributed by atoms with Crippen LogP contribution in [0.15, 0.2) is 51.4 Å². The van der Waals surface area contributed by atoms with Crippen LogP contribution >= 0.6 is 20.2 Å². The molecule has 0 aliphatic heterocycles. The number of nitrogens with zero attached hydrogens (tertiary/aromatic N) is 3. The number of hydrogen-bond acceptors (Lipinski definition) is 5. The molecule has 0 radical (unpaired) electrons. The predicted molar refractivity (Wildman–Crippen MR) is 125 cm³/mol. The van der Waals surface area contributed by atoms with Crippen molar-refractivity contribution < 1.29 is 22.6 Å². The number of aliphatic imine (C=N–C) groups is 3. The van der Waals surface area contributed by atoms with Crippen LogP contribution in [0.25, 0.3) is 0 Å². The second-order valence-electron chi connectivity index (χ2n) is 6.37. The zero-order valence-corrected chi connectivity index (χ0v) is 20.6. The third-order valence-corrected chi connectivity index (χ3v) is 4.22. The summed E-state index contributed by atoms with van der Waals surface area (Å²) in [5, 5.41) is 0. The summed E-state index contributed by atoms with van der Waals surface area (Å²) in [4.78, 5) is 13.5. The van der Waals surface area contributed by atoms with Gasteiger partial charge in [-0.3, -0.25) is 9.98 Å². The van der Waals surface area contributed by atoms with Gasteiger partial charge in [-0.1, -0.05) is 36.4 Å². The van der Waals surface area contributed by atoms with Gasteiger partial charge in [0.1, 0.15) is 0 Å². The Morgan fingerprint density at radius 3 is 1.70 bits per heavy atom. The molecule has 0 aliphatic rings. The second kappa shape index (κ2) is 14.3. The first-order chi connectivity index (χ1) is 14.4. The van der Waals surface area contributed by atoms with Crippen molar-refractivity contribution >= 4 is 49.9 Å². The Kier molecular flexibility index (Phi) is 12.6.